The van der Waals surface area contributed by atoms with E-state index in [1.807, 2.05) is 0 Å². The second kappa shape index (κ2) is 8.27. The van der Waals surface area contributed by atoms with Gasteiger partial charge in [0.1, 0.15) is 11.2 Å². The number of guanidine groups is 1. The SMILES string of the molecule is CN1C(=O)CC(C)(c2cc(CC(=O)c3cnc(/C=C/CO)cn3)ccn2)N=C1N. The number of rotatable bonds is 6. The van der Waals surface area contributed by atoms with Crippen LogP contribution in [0.25, 0.3) is 6.08 Å². The molecule has 9 heteroatoms. The maximum atomic E-state index is 12.6. The van der Waals surface area contributed by atoms with E-state index >= 15 is 0 Å². The average Bonchev–Trinajstić information content (AvgIpc) is 2.71. The predicted molar refractivity (Wildman–Crippen MR) is 107 cm³/mol. The van der Waals surface area contributed by atoms with Crippen LogP contribution in [0.1, 0.15) is 40.8 Å². The van der Waals surface area contributed by atoms with Crippen molar-refractivity contribution in [1.29, 1.82) is 0 Å². The summed E-state index contributed by atoms with van der Waals surface area (Å²) in [7, 11) is 1.58. The van der Waals surface area contributed by atoms with Crippen LogP contribution in [-0.4, -0.2) is 56.3 Å². The molecule has 29 heavy (non-hydrogen) atoms. The summed E-state index contributed by atoms with van der Waals surface area (Å²) >= 11 is 0. The predicted octanol–water partition coefficient (Wildman–Crippen LogP) is 0.695. The summed E-state index contributed by atoms with van der Waals surface area (Å²) in [5.74, 6) is -0.202. The third-order valence-corrected chi connectivity index (χ3v) is 4.67. The van der Waals surface area contributed by atoms with Gasteiger partial charge in [-0.25, -0.2) is 9.98 Å². The molecular formula is C20H22N6O3. The molecule has 1 atom stereocenters. The van der Waals surface area contributed by atoms with Gasteiger partial charge in [-0.05, 0) is 30.7 Å². The van der Waals surface area contributed by atoms with Crippen molar-refractivity contribution in [2.24, 2.45) is 10.7 Å². The summed E-state index contributed by atoms with van der Waals surface area (Å²) < 4.78 is 0. The van der Waals surface area contributed by atoms with E-state index in [9.17, 15) is 9.59 Å². The number of pyridine rings is 1. The molecule has 0 saturated heterocycles. The highest BCUT2D eigenvalue weighted by molar-refractivity contribution is 5.98. The molecule has 9 nitrogen and oxygen atoms in total. The molecular weight excluding hydrogens is 372 g/mol. The van der Waals surface area contributed by atoms with Crippen molar-refractivity contribution >= 4 is 23.7 Å². The van der Waals surface area contributed by atoms with Gasteiger partial charge in [-0.2, -0.15) is 0 Å². The van der Waals surface area contributed by atoms with Crippen molar-refractivity contribution in [2.75, 3.05) is 13.7 Å². The lowest BCUT2D eigenvalue weighted by molar-refractivity contribution is -0.128. The largest absolute Gasteiger partial charge is 0.392 e. The second-order valence-corrected chi connectivity index (χ2v) is 6.93. The maximum Gasteiger partial charge on any atom is 0.231 e. The molecule has 1 unspecified atom stereocenters. The molecule has 0 bridgehead atoms. The van der Waals surface area contributed by atoms with Gasteiger partial charge in [0.2, 0.25) is 5.91 Å². The van der Waals surface area contributed by atoms with E-state index in [1.165, 1.54) is 23.4 Å². The summed E-state index contributed by atoms with van der Waals surface area (Å²) in [6, 6.07) is 3.50. The third-order valence-electron chi connectivity index (χ3n) is 4.67. The molecule has 0 aromatic carbocycles. The molecule has 0 radical (unpaired) electrons. The minimum Gasteiger partial charge on any atom is -0.392 e. The number of ketones is 1. The van der Waals surface area contributed by atoms with Crippen LogP contribution in [0.2, 0.25) is 0 Å². The van der Waals surface area contributed by atoms with Crippen molar-refractivity contribution in [1.82, 2.24) is 19.9 Å². The Morgan fingerprint density at radius 1 is 1.34 bits per heavy atom. The number of aliphatic hydroxyl groups excluding tert-OH is 1. The zero-order chi connectivity index (χ0) is 21.0. The molecule has 150 valence electrons. The van der Waals surface area contributed by atoms with E-state index in [2.05, 4.69) is 19.9 Å². The lowest BCUT2D eigenvalue weighted by Gasteiger charge is -2.32. The van der Waals surface area contributed by atoms with Crippen molar-refractivity contribution < 1.29 is 14.7 Å². The van der Waals surface area contributed by atoms with Gasteiger partial charge in [-0.3, -0.25) is 24.5 Å². The third kappa shape index (κ3) is 4.52. The fraction of sp³-hybridized carbons (Fsp3) is 0.300. The quantitative estimate of drug-likeness (QED) is 0.688. The van der Waals surface area contributed by atoms with Gasteiger partial charge in [-0.1, -0.05) is 6.08 Å². The topological polar surface area (TPSA) is 135 Å². The maximum absolute atomic E-state index is 12.6. The molecule has 0 saturated carbocycles. The lowest BCUT2D eigenvalue weighted by Crippen LogP contribution is -2.47. The van der Waals surface area contributed by atoms with E-state index in [0.29, 0.717) is 11.4 Å². The van der Waals surface area contributed by atoms with Gasteiger partial charge in [0.05, 0.1) is 36.8 Å². The number of nitrogens with two attached hydrogens (primary N) is 1. The normalized spacial score (nSPS) is 19.5. The van der Waals surface area contributed by atoms with Crippen LogP contribution < -0.4 is 5.73 Å². The van der Waals surface area contributed by atoms with Gasteiger partial charge in [0.25, 0.3) is 0 Å². The Morgan fingerprint density at radius 2 is 2.14 bits per heavy atom. The van der Waals surface area contributed by atoms with Crippen molar-refractivity contribution in [3.05, 3.63) is 59.4 Å². The summed E-state index contributed by atoms with van der Waals surface area (Å²) in [6.07, 6.45) is 7.87. The minimum atomic E-state index is -0.882. The standard InChI is InChI=1S/C20H22N6O3/c1-20(10-18(29)26(2)19(21)25-20)17-9-13(5-6-22-17)8-16(28)15-12-23-14(11-24-15)4-3-7-27/h3-6,9,11-12,27H,7-8,10H2,1-2H3,(H2,21,25)/b4-3+. The summed E-state index contributed by atoms with van der Waals surface area (Å²) in [5, 5.41) is 8.78. The van der Waals surface area contributed by atoms with Crippen LogP contribution in [0.5, 0.6) is 0 Å². The molecule has 2 aromatic rings. The number of hydrogen-bond acceptors (Lipinski definition) is 8. The molecule has 3 N–H and O–H groups in total. The van der Waals surface area contributed by atoms with E-state index in [4.69, 9.17) is 10.8 Å². The smallest absolute Gasteiger partial charge is 0.231 e. The highest BCUT2D eigenvalue weighted by Crippen LogP contribution is 2.31. The minimum absolute atomic E-state index is 0.0940. The molecule has 1 amide bonds. The zero-order valence-electron chi connectivity index (χ0n) is 16.2. The van der Waals surface area contributed by atoms with Crippen LogP contribution in [0, 0.1) is 0 Å². The van der Waals surface area contributed by atoms with Crippen LogP contribution >= 0.6 is 0 Å². The fourth-order valence-electron chi connectivity index (χ4n) is 2.95. The molecule has 0 aliphatic carbocycles. The molecule has 3 rings (SSSR count). The molecule has 1 aliphatic heterocycles. The monoisotopic (exact) mass is 394 g/mol. The van der Waals surface area contributed by atoms with E-state index in [0.717, 1.165) is 5.56 Å². The van der Waals surface area contributed by atoms with Gasteiger partial charge in [0, 0.05) is 19.7 Å². The van der Waals surface area contributed by atoms with E-state index in [1.54, 1.807) is 38.4 Å². The lowest BCUT2D eigenvalue weighted by atomic mass is 9.90. The first-order valence-corrected chi connectivity index (χ1v) is 9.02. The highest BCUT2D eigenvalue weighted by atomic mass is 16.2. The van der Waals surface area contributed by atoms with Crippen molar-refractivity contribution in [2.45, 2.75) is 25.3 Å². The Labute approximate surface area is 168 Å². The summed E-state index contributed by atoms with van der Waals surface area (Å²) in [6.45, 7) is 1.70. The first-order valence-electron chi connectivity index (χ1n) is 9.02. The van der Waals surface area contributed by atoms with Gasteiger partial charge >= 0.3 is 0 Å². The van der Waals surface area contributed by atoms with Crippen molar-refractivity contribution in [3.8, 4) is 0 Å². The van der Waals surface area contributed by atoms with Gasteiger partial charge in [0.15, 0.2) is 11.7 Å². The number of carbonyl (C=O) groups is 2. The molecule has 0 fully saturated rings. The number of amides is 1. The Morgan fingerprint density at radius 3 is 2.79 bits per heavy atom. The average molecular weight is 394 g/mol. The van der Waals surface area contributed by atoms with Crippen LogP contribution in [0.15, 0.2) is 41.8 Å². The van der Waals surface area contributed by atoms with Gasteiger partial charge < -0.3 is 10.8 Å². The Hall–Kier alpha value is -3.46. The number of nitrogens with zero attached hydrogens (tertiary/aromatic N) is 5. The number of Topliss-reactive ketones (excluding diaryl/α,β-unsaturated/α-hetero) is 1. The Bertz CT molecular complexity index is 986. The first-order chi connectivity index (χ1) is 13.8. The van der Waals surface area contributed by atoms with Gasteiger partial charge in [-0.15, -0.1) is 0 Å². The summed E-state index contributed by atoms with van der Waals surface area (Å²) in [4.78, 5) is 43.1. The molecule has 2 aromatic heterocycles. The molecule has 1 aliphatic rings. The second-order valence-electron chi connectivity index (χ2n) is 6.93. The number of aromatic nitrogens is 3. The zero-order valence-corrected chi connectivity index (χ0v) is 16.2. The number of hydrogen-bond donors (Lipinski definition) is 2. The fourth-order valence-corrected chi connectivity index (χ4v) is 2.95. The number of carbonyl (C=O) groups excluding carboxylic acids is 2. The van der Waals surface area contributed by atoms with E-state index in [-0.39, 0.29) is 42.8 Å². The van der Waals surface area contributed by atoms with Crippen LogP contribution in [0.4, 0.5) is 0 Å². The molecule has 0 spiro atoms. The van der Waals surface area contributed by atoms with Crippen LogP contribution in [-0.2, 0) is 16.8 Å². The van der Waals surface area contributed by atoms with Crippen LogP contribution in [0.3, 0.4) is 0 Å². The van der Waals surface area contributed by atoms with E-state index < -0.39 is 5.54 Å². The summed E-state index contributed by atoms with van der Waals surface area (Å²) in [5.41, 5.74) is 7.07. The number of aliphatic imine (C=N–C) groups is 1. The first kappa shape index (κ1) is 20.3. The molecule has 3 heterocycles. The number of aliphatic hydroxyl groups is 1. The Kier molecular flexibility index (Phi) is 5.79. The van der Waals surface area contributed by atoms with Crippen molar-refractivity contribution in [3.63, 3.8) is 0 Å². The highest BCUT2D eigenvalue weighted by Gasteiger charge is 2.37. The Balaban J connectivity index is 1.79.